The number of hydrogen-bond acceptors (Lipinski definition) is 3. The van der Waals surface area contributed by atoms with Gasteiger partial charge in [-0.25, -0.2) is 0 Å². The van der Waals surface area contributed by atoms with Crippen LogP contribution in [0.25, 0.3) is 0 Å². The van der Waals surface area contributed by atoms with Gasteiger partial charge in [-0.2, -0.15) is 5.10 Å². The van der Waals surface area contributed by atoms with Crippen molar-refractivity contribution in [1.29, 1.82) is 0 Å². The average Bonchev–Trinajstić information content (AvgIpc) is 3.18. The largest absolute Gasteiger partial charge is 0.338 e. The normalized spacial score (nSPS) is 20.5. The van der Waals surface area contributed by atoms with Gasteiger partial charge in [0, 0.05) is 32.1 Å². The highest BCUT2D eigenvalue weighted by atomic mass is 16.2. The number of carbonyl (C=O) groups is 1. The highest BCUT2D eigenvalue weighted by molar-refractivity contribution is 5.95. The minimum absolute atomic E-state index is 0.136. The van der Waals surface area contributed by atoms with Crippen molar-refractivity contribution in [3.63, 3.8) is 0 Å². The van der Waals surface area contributed by atoms with Crippen molar-refractivity contribution >= 4 is 5.91 Å². The zero-order valence-electron chi connectivity index (χ0n) is 16.2. The fourth-order valence-electron chi connectivity index (χ4n) is 4.63. The van der Waals surface area contributed by atoms with Gasteiger partial charge in [-0.3, -0.25) is 9.48 Å². The van der Waals surface area contributed by atoms with Crippen LogP contribution in [0.15, 0.2) is 30.5 Å². The molecule has 4 rings (SSSR count). The van der Waals surface area contributed by atoms with Crippen LogP contribution in [0.2, 0.25) is 0 Å². The van der Waals surface area contributed by atoms with Crippen molar-refractivity contribution in [3.8, 4) is 0 Å². The second-order valence-electron chi connectivity index (χ2n) is 7.90. The Morgan fingerprint density at radius 3 is 2.56 bits per heavy atom. The molecule has 3 heterocycles. The van der Waals surface area contributed by atoms with Crippen molar-refractivity contribution in [1.82, 2.24) is 14.7 Å². The first kappa shape index (κ1) is 18.2. The number of nitrogens with two attached hydrogens (primary N) is 1. The van der Waals surface area contributed by atoms with E-state index in [0.717, 1.165) is 63.0 Å². The zero-order chi connectivity index (χ0) is 18.8. The van der Waals surface area contributed by atoms with Crippen molar-refractivity contribution < 1.29 is 4.79 Å². The second kappa shape index (κ2) is 7.85. The minimum Gasteiger partial charge on any atom is -0.338 e. The molecule has 2 N–H and O–H groups in total. The second-order valence-corrected chi connectivity index (χ2v) is 7.90. The highest BCUT2D eigenvalue weighted by Gasteiger charge is 2.31. The lowest BCUT2D eigenvalue weighted by molar-refractivity contribution is 0.0710. The van der Waals surface area contributed by atoms with E-state index in [2.05, 4.69) is 36.3 Å². The Morgan fingerprint density at radius 2 is 1.89 bits per heavy atom. The zero-order valence-corrected chi connectivity index (χ0v) is 16.2. The van der Waals surface area contributed by atoms with Crippen LogP contribution in [0.5, 0.6) is 0 Å². The molecule has 0 saturated carbocycles. The molecule has 1 aromatic carbocycles. The Bertz CT molecular complexity index is 787. The summed E-state index contributed by atoms with van der Waals surface area (Å²) in [6.07, 6.45) is 7.04. The lowest BCUT2D eigenvalue weighted by Crippen LogP contribution is -2.38. The van der Waals surface area contributed by atoms with E-state index in [9.17, 15) is 4.79 Å². The fraction of sp³-hybridized carbons (Fsp3) is 0.545. The Labute approximate surface area is 161 Å². The number of carbonyl (C=O) groups excluding carboxylic acids is 1. The molecule has 5 heteroatoms. The number of aromatic nitrogens is 2. The molecule has 1 amide bonds. The number of likely N-dealkylation sites (tertiary alicyclic amines) is 1. The summed E-state index contributed by atoms with van der Waals surface area (Å²) in [6.45, 7) is 5.30. The summed E-state index contributed by atoms with van der Waals surface area (Å²) in [5.41, 5.74) is 10.6. The van der Waals surface area contributed by atoms with E-state index >= 15 is 0 Å². The van der Waals surface area contributed by atoms with Gasteiger partial charge in [0.15, 0.2) is 0 Å². The molecule has 1 fully saturated rings. The molecule has 1 aromatic heterocycles. The number of fused-ring (bicyclic) bond motifs is 1. The van der Waals surface area contributed by atoms with Gasteiger partial charge >= 0.3 is 0 Å². The van der Waals surface area contributed by atoms with Gasteiger partial charge in [0.1, 0.15) is 0 Å². The van der Waals surface area contributed by atoms with Crippen LogP contribution in [-0.4, -0.2) is 40.2 Å². The summed E-state index contributed by atoms with van der Waals surface area (Å²) in [6, 6.07) is 9.00. The number of nitrogens with zero attached hydrogens (tertiary/aromatic N) is 3. The van der Waals surface area contributed by atoms with Gasteiger partial charge in [-0.15, -0.1) is 0 Å². The molecular weight excluding hydrogens is 336 g/mol. The molecule has 2 aromatic rings. The Balaban J connectivity index is 1.44. The predicted octanol–water partition coefficient (Wildman–Crippen LogP) is 3.30. The molecule has 1 saturated heterocycles. The SMILES string of the molecule is CCc1ccc(C2CCN(C(=O)c3cnn4c3C(CN)CCC4)CC2)cc1. The van der Waals surface area contributed by atoms with Gasteiger partial charge in [0.25, 0.3) is 5.91 Å². The Kier molecular flexibility index (Phi) is 5.30. The molecule has 0 bridgehead atoms. The van der Waals surface area contributed by atoms with Crippen LogP contribution in [0.1, 0.15) is 71.6 Å². The summed E-state index contributed by atoms with van der Waals surface area (Å²) >= 11 is 0. The van der Waals surface area contributed by atoms with Gasteiger partial charge in [-0.1, -0.05) is 31.2 Å². The van der Waals surface area contributed by atoms with Gasteiger partial charge in [0.05, 0.1) is 17.5 Å². The van der Waals surface area contributed by atoms with Gasteiger partial charge in [-0.05, 0) is 49.1 Å². The monoisotopic (exact) mass is 366 g/mol. The van der Waals surface area contributed by atoms with E-state index in [1.165, 1.54) is 11.1 Å². The third-order valence-corrected chi connectivity index (χ3v) is 6.35. The Morgan fingerprint density at radius 1 is 1.15 bits per heavy atom. The number of benzene rings is 1. The third kappa shape index (κ3) is 3.53. The molecule has 0 spiro atoms. The topological polar surface area (TPSA) is 64.2 Å². The molecule has 144 valence electrons. The van der Waals surface area contributed by atoms with Crippen LogP contribution in [0.4, 0.5) is 0 Å². The van der Waals surface area contributed by atoms with E-state index in [0.29, 0.717) is 12.5 Å². The predicted molar refractivity (Wildman–Crippen MR) is 107 cm³/mol. The quantitative estimate of drug-likeness (QED) is 0.903. The Hall–Kier alpha value is -2.14. The molecule has 2 aliphatic rings. The first-order valence-electron chi connectivity index (χ1n) is 10.3. The smallest absolute Gasteiger partial charge is 0.257 e. The maximum atomic E-state index is 13.2. The van der Waals surface area contributed by atoms with Crippen LogP contribution in [0.3, 0.4) is 0 Å². The molecule has 2 aliphatic heterocycles. The molecule has 1 atom stereocenters. The molecule has 27 heavy (non-hydrogen) atoms. The summed E-state index contributed by atoms with van der Waals surface area (Å²) in [4.78, 5) is 15.2. The van der Waals surface area contributed by atoms with Crippen molar-refractivity contribution in [2.75, 3.05) is 19.6 Å². The molecular formula is C22H30N4O. The van der Waals surface area contributed by atoms with Crippen molar-refractivity contribution in [2.45, 2.75) is 57.4 Å². The number of amides is 1. The molecule has 1 unspecified atom stereocenters. The number of aryl methyl sites for hydroxylation is 2. The van der Waals surface area contributed by atoms with E-state index in [1.807, 2.05) is 9.58 Å². The van der Waals surface area contributed by atoms with E-state index in [4.69, 9.17) is 5.73 Å². The maximum Gasteiger partial charge on any atom is 0.257 e. The first-order valence-corrected chi connectivity index (χ1v) is 10.3. The first-order chi connectivity index (χ1) is 13.2. The third-order valence-electron chi connectivity index (χ3n) is 6.35. The summed E-state index contributed by atoms with van der Waals surface area (Å²) in [7, 11) is 0. The van der Waals surface area contributed by atoms with Crippen LogP contribution < -0.4 is 5.73 Å². The minimum atomic E-state index is 0.136. The van der Waals surface area contributed by atoms with Crippen LogP contribution >= 0.6 is 0 Å². The molecule has 5 nitrogen and oxygen atoms in total. The number of piperidine rings is 1. The average molecular weight is 367 g/mol. The van der Waals surface area contributed by atoms with Crippen LogP contribution in [0, 0.1) is 0 Å². The van der Waals surface area contributed by atoms with E-state index < -0.39 is 0 Å². The van der Waals surface area contributed by atoms with Gasteiger partial charge in [0.2, 0.25) is 0 Å². The van der Waals surface area contributed by atoms with E-state index in [1.54, 1.807) is 6.20 Å². The summed E-state index contributed by atoms with van der Waals surface area (Å²) < 4.78 is 2.00. The van der Waals surface area contributed by atoms with Crippen LogP contribution in [-0.2, 0) is 13.0 Å². The fourth-order valence-corrected chi connectivity index (χ4v) is 4.63. The summed E-state index contributed by atoms with van der Waals surface area (Å²) in [5.74, 6) is 0.948. The number of rotatable bonds is 4. The highest BCUT2D eigenvalue weighted by Crippen LogP contribution is 2.32. The molecule has 0 aliphatic carbocycles. The number of hydrogen-bond donors (Lipinski definition) is 1. The molecule has 0 radical (unpaired) electrons. The van der Waals surface area contributed by atoms with E-state index in [-0.39, 0.29) is 11.8 Å². The van der Waals surface area contributed by atoms with Gasteiger partial charge < -0.3 is 10.6 Å². The standard InChI is InChI=1S/C22H30N4O/c1-2-16-5-7-17(8-6-16)18-9-12-25(13-10-18)22(27)20-15-24-26-11-3-4-19(14-23)21(20)26/h5-8,15,18-19H,2-4,9-14,23H2,1H3. The lowest BCUT2D eigenvalue weighted by atomic mass is 9.88. The van der Waals surface area contributed by atoms with Crippen molar-refractivity contribution in [3.05, 3.63) is 52.8 Å². The van der Waals surface area contributed by atoms with Crippen molar-refractivity contribution in [2.24, 2.45) is 5.73 Å². The summed E-state index contributed by atoms with van der Waals surface area (Å²) in [5, 5.41) is 4.46. The lowest BCUT2D eigenvalue weighted by Gasteiger charge is -2.33. The maximum absolute atomic E-state index is 13.2.